The summed E-state index contributed by atoms with van der Waals surface area (Å²) in [5, 5.41) is 4.39. The Morgan fingerprint density at radius 3 is 2.72 bits per heavy atom. The summed E-state index contributed by atoms with van der Waals surface area (Å²) in [6.07, 6.45) is 11.5. The predicted octanol–water partition coefficient (Wildman–Crippen LogP) is 3.69. The number of fused-ring (bicyclic) bond motifs is 1. The zero-order chi connectivity index (χ0) is 21.8. The molecule has 2 N–H and O–H groups in total. The van der Waals surface area contributed by atoms with E-state index in [4.69, 9.17) is 9.47 Å². The Morgan fingerprint density at radius 2 is 2.00 bits per heavy atom. The number of allylic oxidation sites excluding steroid dienone is 1. The minimum absolute atomic E-state index is 0.0233. The van der Waals surface area contributed by atoms with Crippen molar-refractivity contribution in [1.82, 2.24) is 15.3 Å². The van der Waals surface area contributed by atoms with Gasteiger partial charge in [-0.1, -0.05) is 0 Å². The molecule has 0 saturated heterocycles. The molecule has 2 aromatic heterocycles. The molecule has 5 aliphatic rings. The van der Waals surface area contributed by atoms with Crippen molar-refractivity contribution in [1.29, 1.82) is 0 Å². The normalized spacial score (nSPS) is 32.1. The molecular weight excluding hydrogens is 406 g/mol. The van der Waals surface area contributed by atoms with Crippen LogP contribution in [-0.2, 0) is 19.1 Å². The molecule has 0 radical (unpaired) electrons. The van der Waals surface area contributed by atoms with E-state index in [0.717, 1.165) is 28.4 Å². The number of ketones is 1. The van der Waals surface area contributed by atoms with Gasteiger partial charge in [0.1, 0.15) is 5.65 Å². The third kappa shape index (κ3) is 3.14. The summed E-state index contributed by atoms with van der Waals surface area (Å²) in [6.45, 7) is 1.94. The maximum Gasteiger partial charge on any atom is 0.347 e. The van der Waals surface area contributed by atoms with Gasteiger partial charge in [0.2, 0.25) is 11.7 Å². The van der Waals surface area contributed by atoms with Gasteiger partial charge in [-0.15, -0.1) is 0 Å². The summed E-state index contributed by atoms with van der Waals surface area (Å²) in [6, 6.07) is 4.02. The lowest BCUT2D eigenvalue weighted by Gasteiger charge is -2.54. The first-order chi connectivity index (χ1) is 15.6. The molecule has 0 amide bonds. The molecule has 3 heterocycles. The van der Waals surface area contributed by atoms with E-state index in [0.29, 0.717) is 11.8 Å². The van der Waals surface area contributed by atoms with Crippen LogP contribution in [0, 0.1) is 23.7 Å². The molecule has 4 aliphatic carbocycles. The Hall–Kier alpha value is -3.09. The topological polar surface area (TPSA) is 93.3 Å². The number of esters is 1. The van der Waals surface area contributed by atoms with Gasteiger partial charge in [0.05, 0.1) is 6.61 Å². The predicted molar refractivity (Wildman–Crippen MR) is 118 cm³/mol. The molecule has 7 nitrogen and oxygen atoms in total. The maximum absolute atomic E-state index is 13.2. The molecule has 4 bridgehead atoms. The summed E-state index contributed by atoms with van der Waals surface area (Å²) in [7, 11) is 0. The molecule has 0 spiro atoms. The van der Waals surface area contributed by atoms with Crippen LogP contribution in [0.5, 0.6) is 0 Å². The molecule has 2 aromatic rings. The minimum Gasteiger partial charge on any atom is -0.462 e. The zero-order valence-electron chi connectivity index (χ0n) is 18.1. The quantitative estimate of drug-likeness (QED) is 0.424. The zero-order valence-corrected chi connectivity index (χ0v) is 18.1. The summed E-state index contributed by atoms with van der Waals surface area (Å²) in [5.41, 5.74) is 1.50. The van der Waals surface area contributed by atoms with Gasteiger partial charge in [0.15, 0.2) is 11.3 Å². The lowest BCUT2D eigenvalue weighted by molar-refractivity contribution is -0.139. The number of hydrogen-bond donors (Lipinski definition) is 2. The third-order valence-corrected chi connectivity index (χ3v) is 7.66. The first kappa shape index (κ1) is 19.6. The number of carbonyl (C=O) groups is 2. The fraction of sp³-hybridized carbons (Fsp3) is 0.480. The SMILES string of the molecule is CCOC(=O)C1=C(NC2C3CC4C[C@H](C3)C[C@H]2C4)O/C(=C\c2c[nH]c3ncccc23)C1=O. The molecule has 0 atom stereocenters. The van der Waals surface area contributed by atoms with E-state index in [-0.39, 0.29) is 29.9 Å². The van der Waals surface area contributed by atoms with Crippen molar-refractivity contribution >= 4 is 28.9 Å². The van der Waals surface area contributed by atoms with Crippen LogP contribution >= 0.6 is 0 Å². The highest BCUT2D eigenvalue weighted by molar-refractivity contribution is 6.26. The van der Waals surface area contributed by atoms with Gasteiger partial charge < -0.3 is 19.8 Å². The molecule has 4 fully saturated rings. The van der Waals surface area contributed by atoms with E-state index >= 15 is 0 Å². The number of carbonyl (C=O) groups excluding carboxylic acids is 2. The fourth-order valence-corrected chi connectivity index (χ4v) is 6.57. The monoisotopic (exact) mass is 433 g/mol. The number of pyridine rings is 1. The van der Waals surface area contributed by atoms with Crippen molar-refractivity contribution in [3.8, 4) is 0 Å². The average molecular weight is 434 g/mol. The lowest BCUT2D eigenvalue weighted by atomic mass is 9.54. The fourth-order valence-electron chi connectivity index (χ4n) is 6.57. The second-order valence-corrected chi connectivity index (χ2v) is 9.61. The summed E-state index contributed by atoms with van der Waals surface area (Å²) < 4.78 is 11.2. The van der Waals surface area contributed by atoms with Gasteiger partial charge in [-0.2, -0.15) is 0 Å². The van der Waals surface area contributed by atoms with Crippen LogP contribution in [-0.4, -0.2) is 34.4 Å². The molecule has 7 heteroatoms. The summed E-state index contributed by atoms with van der Waals surface area (Å²) in [5.74, 6) is 2.15. The second kappa shape index (κ2) is 7.50. The number of nitrogens with zero attached hydrogens (tertiary/aromatic N) is 1. The van der Waals surface area contributed by atoms with Crippen LogP contribution in [0.1, 0.15) is 44.6 Å². The Labute approximate surface area is 186 Å². The number of Topliss-reactive ketones (excluding diaryl/α,β-unsaturated/α-hetero) is 1. The molecule has 0 unspecified atom stereocenters. The highest BCUT2D eigenvalue weighted by Gasteiger charge is 2.49. The maximum atomic E-state index is 13.2. The van der Waals surface area contributed by atoms with Crippen LogP contribution < -0.4 is 5.32 Å². The van der Waals surface area contributed by atoms with Gasteiger partial charge in [-0.05, 0) is 80.9 Å². The largest absolute Gasteiger partial charge is 0.462 e. The highest BCUT2D eigenvalue weighted by atomic mass is 16.5. The first-order valence-corrected chi connectivity index (χ1v) is 11.6. The van der Waals surface area contributed by atoms with Crippen LogP contribution in [0.2, 0.25) is 0 Å². The van der Waals surface area contributed by atoms with E-state index in [1.54, 1.807) is 25.4 Å². The number of rotatable bonds is 5. The van der Waals surface area contributed by atoms with Gasteiger partial charge in [-0.25, -0.2) is 9.78 Å². The molecule has 7 rings (SSSR count). The smallest absolute Gasteiger partial charge is 0.347 e. The van der Waals surface area contributed by atoms with Gasteiger partial charge in [0, 0.05) is 29.4 Å². The average Bonchev–Trinajstić information content (AvgIpc) is 3.31. The minimum atomic E-state index is -0.632. The van der Waals surface area contributed by atoms with Gasteiger partial charge in [0.25, 0.3) is 0 Å². The summed E-state index contributed by atoms with van der Waals surface area (Å²) >= 11 is 0. The van der Waals surface area contributed by atoms with Crippen LogP contribution in [0.25, 0.3) is 17.1 Å². The highest BCUT2D eigenvalue weighted by Crippen LogP contribution is 2.54. The molecule has 1 aliphatic heterocycles. The van der Waals surface area contributed by atoms with Crippen molar-refractivity contribution in [2.75, 3.05) is 6.61 Å². The molecule has 4 saturated carbocycles. The van der Waals surface area contributed by atoms with Crippen molar-refractivity contribution in [3.05, 3.63) is 47.3 Å². The van der Waals surface area contributed by atoms with Crippen molar-refractivity contribution < 1.29 is 19.1 Å². The van der Waals surface area contributed by atoms with Crippen molar-refractivity contribution in [3.63, 3.8) is 0 Å². The van der Waals surface area contributed by atoms with Crippen molar-refractivity contribution in [2.45, 2.75) is 45.1 Å². The Kier molecular flexibility index (Phi) is 4.59. The number of aromatic amines is 1. The third-order valence-electron chi connectivity index (χ3n) is 7.66. The number of hydrogen-bond acceptors (Lipinski definition) is 6. The van der Waals surface area contributed by atoms with Crippen molar-refractivity contribution in [2.24, 2.45) is 23.7 Å². The van der Waals surface area contributed by atoms with Crippen LogP contribution in [0.4, 0.5) is 0 Å². The number of ether oxygens (including phenoxy) is 2. The standard InChI is InChI=1S/C25H27N3O4/c1-2-31-25(30)20-22(29)19(11-17-12-27-23-18(17)4-3-5-26-23)32-24(20)28-21-15-7-13-6-14(9-15)10-16(21)8-13/h3-5,11-16,21,28H,2,6-10H2,1H3,(H,26,27)/b19-11-/t13-,14?,15-,16?,21?/m0/s1. The number of H-pyrrole nitrogens is 1. The molecule has 0 aromatic carbocycles. The van der Waals surface area contributed by atoms with E-state index in [1.165, 1.54) is 32.1 Å². The number of nitrogens with one attached hydrogen (secondary N) is 2. The number of aromatic nitrogens is 2. The first-order valence-electron chi connectivity index (χ1n) is 11.6. The Balaban J connectivity index is 1.32. The van der Waals surface area contributed by atoms with Gasteiger partial charge >= 0.3 is 5.97 Å². The lowest BCUT2D eigenvalue weighted by Crippen LogP contribution is -2.54. The van der Waals surface area contributed by atoms with Crippen LogP contribution in [0.3, 0.4) is 0 Å². The molecular formula is C25H27N3O4. The second-order valence-electron chi connectivity index (χ2n) is 9.61. The van der Waals surface area contributed by atoms with E-state index in [1.807, 2.05) is 12.1 Å². The van der Waals surface area contributed by atoms with E-state index in [9.17, 15) is 9.59 Å². The van der Waals surface area contributed by atoms with E-state index < -0.39 is 11.8 Å². The van der Waals surface area contributed by atoms with E-state index in [2.05, 4.69) is 15.3 Å². The van der Waals surface area contributed by atoms with Crippen LogP contribution in [0.15, 0.2) is 41.7 Å². The van der Waals surface area contributed by atoms with Gasteiger partial charge in [-0.3, -0.25) is 4.79 Å². The molecule has 166 valence electrons. The summed E-state index contributed by atoms with van der Waals surface area (Å²) in [4.78, 5) is 33.3. The Bertz CT molecular complexity index is 1130. The Morgan fingerprint density at radius 1 is 1.25 bits per heavy atom. The molecule has 32 heavy (non-hydrogen) atoms.